The number of anilines is 1. The van der Waals surface area contributed by atoms with Crippen molar-refractivity contribution in [3.63, 3.8) is 0 Å². The largest absolute Gasteiger partial charge is 0.423 e. The number of hydrogen-bond acceptors (Lipinski definition) is 4. The molecule has 1 aromatic carbocycles. The van der Waals surface area contributed by atoms with Gasteiger partial charge in [0.25, 0.3) is 0 Å². The first-order valence-electron chi connectivity index (χ1n) is 6.68. The predicted octanol–water partition coefficient (Wildman–Crippen LogP) is 1.74. The number of nitrogens with one attached hydrogen (secondary N) is 2. The molecule has 1 aromatic heterocycles. The fourth-order valence-electron chi connectivity index (χ4n) is 2.44. The van der Waals surface area contributed by atoms with Crippen molar-refractivity contribution in [3.05, 3.63) is 40.2 Å². The van der Waals surface area contributed by atoms with Crippen molar-refractivity contribution in [3.8, 4) is 0 Å². The molecule has 0 aliphatic carbocycles. The van der Waals surface area contributed by atoms with E-state index in [4.69, 9.17) is 4.42 Å². The molecule has 1 saturated heterocycles. The summed E-state index contributed by atoms with van der Waals surface area (Å²) in [6.07, 6.45) is 0.857. The summed E-state index contributed by atoms with van der Waals surface area (Å²) in [6.45, 7) is 1.82. The molecule has 1 aliphatic heterocycles. The lowest BCUT2D eigenvalue weighted by molar-refractivity contribution is -0.122. The van der Waals surface area contributed by atoms with Crippen LogP contribution in [0.25, 0.3) is 11.0 Å². The van der Waals surface area contributed by atoms with Gasteiger partial charge < -0.3 is 15.1 Å². The van der Waals surface area contributed by atoms with Crippen molar-refractivity contribution >= 4 is 40.9 Å². The van der Waals surface area contributed by atoms with E-state index in [1.165, 1.54) is 6.07 Å². The van der Waals surface area contributed by atoms with Crippen LogP contribution < -0.4 is 16.3 Å². The van der Waals surface area contributed by atoms with E-state index in [2.05, 4.69) is 10.6 Å². The number of carbonyl (C=O) groups is 2. The average molecular weight is 323 g/mol. The van der Waals surface area contributed by atoms with Crippen molar-refractivity contribution in [2.75, 3.05) is 5.32 Å². The molecule has 22 heavy (non-hydrogen) atoms. The maximum atomic E-state index is 12.0. The van der Waals surface area contributed by atoms with Crippen LogP contribution in [0.4, 0.5) is 5.69 Å². The molecular weight excluding hydrogens is 308 g/mol. The molecule has 0 spiro atoms. The van der Waals surface area contributed by atoms with Gasteiger partial charge in [-0.1, -0.05) is 0 Å². The number of benzene rings is 1. The van der Waals surface area contributed by atoms with Gasteiger partial charge in [0.05, 0.1) is 0 Å². The maximum absolute atomic E-state index is 12.0. The molecule has 0 unspecified atom stereocenters. The van der Waals surface area contributed by atoms with Gasteiger partial charge in [0.15, 0.2) is 0 Å². The number of amides is 2. The standard InChI is InChI=1S/C15H14N2O4.ClH/c1-8-6-14(19)21-12-7-9(2-3-10(8)12)16-15(20)11-4-5-13(18)17-11;/h2-3,6-7,11H,4-5H2,1H3,(H,16,20)(H,17,18);1H/t11-;/m0./s1. The number of fused-ring (bicyclic) bond motifs is 1. The van der Waals surface area contributed by atoms with Crippen LogP contribution in [0.15, 0.2) is 33.5 Å². The molecule has 2 aromatic rings. The van der Waals surface area contributed by atoms with Crippen LogP contribution in [0, 0.1) is 6.92 Å². The molecule has 116 valence electrons. The summed E-state index contributed by atoms with van der Waals surface area (Å²) >= 11 is 0. The third-order valence-corrected chi connectivity index (χ3v) is 3.53. The van der Waals surface area contributed by atoms with Crippen LogP contribution in [0.1, 0.15) is 18.4 Å². The fourth-order valence-corrected chi connectivity index (χ4v) is 2.44. The number of halogens is 1. The Balaban J connectivity index is 0.00000176. The molecule has 0 radical (unpaired) electrons. The molecule has 2 N–H and O–H groups in total. The Kier molecular flexibility index (Phi) is 4.51. The van der Waals surface area contributed by atoms with Gasteiger partial charge in [-0.3, -0.25) is 9.59 Å². The maximum Gasteiger partial charge on any atom is 0.336 e. The molecule has 2 heterocycles. The summed E-state index contributed by atoms with van der Waals surface area (Å²) in [4.78, 5) is 34.5. The zero-order valence-electron chi connectivity index (χ0n) is 11.8. The van der Waals surface area contributed by atoms with E-state index in [1.54, 1.807) is 18.2 Å². The first kappa shape index (κ1) is 16.0. The second-order valence-electron chi connectivity index (χ2n) is 5.11. The molecule has 1 atom stereocenters. The number of carbonyl (C=O) groups excluding carboxylic acids is 2. The van der Waals surface area contributed by atoms with Crippen LogP contribution in [0.2, 0.25) is 0 Å². The summed E-state index contributed by atoms with van der Waals surface area (Å²) in [7, 11) is 0. The van der Waals surface area contributed by atoms with Crippen molar-refractivity contribution in [1.29, 1.82) is 0 Å². The van der Waals surface area contributed by atoms with Crippen LogP contribution >= 0.6 is 12.4 Å². The Morgan fingerprint density at radius 3 is 2.77 bits per heavy atom. The van der Waals surface area contributed by atoms with Crippen molar-refractivity contribution in [1.82, 2.24) is 5.32 Å². The Labute approximate surface area is 132 Å². The molecule has 1 aliphatic rings. The minimum atomic E-state index is -0.502. The second-order valence-corrected chi connectivity index (χ2v) is 5.11. The Bertz CT molecular complexity index is 800. The highest BCUT2D eigenvalue weighted by molar-refractivity contribution is 6.00. The van der Waals surface area contributed by atoms with E-state index >= 15 is 0 Å². The van der Waals surface area contributed by atoms with E-state index < -0.39 is 11.7 Å². The van der Waals surface area contributed by atoms with Gasteiger partial charge in [-0.15, -0.1) is 12.4 Å². The lowest BCUT2D eigenvalue weighted by Gasteiger charge is -2.11. The summed E-state index contributed by atoms with van der Waals surface area (Å²) in [5.74, 6) is -0.384. The molecule has 0 bridgehead atoms. The van der Waals surface area contributed by atoms with Crippen molar-refractivity contribution < 1.29 is 14.0 Å². The predicted molar refractivity (Wildman–Crippen MR) is 84.3 cm³/mol. The first-order chi connectivity index (χ1) is 10.0. The molecule has 1 fully saturated rings. The minimum Gasteiger partial charge on any atom is -0.423 e. The van der Waals surface area contributed by atoms with Crippen LogP contribution in [-0.2, 0) is 9.59 Å². The fraction of sp³-hybridized carbons (Fsp3) is 0.267. The van der Waals surface area contributed by atoms with Crippen LogP contribution in [0.5, 0.6) is 0 Å². The first-order valence-corrected chi connectivity index (χ1v) is 6.68. The number of hydrogen-bond donors (Lipinski definition) is 2. The SMILES string of the molecule is Cc1cc(=O)oc2cc(NC(=O)[C@@H]3CCC(=O)N3)ccc12.Cl. The van der Waals surface area contributed by atoms with Gasteiger partial charge in [-0.25, -0.2) is 4.79 Å². The highest BCUT2D eigenvalue weighted by Crippen LogP contribution is 2.21. The molecule has 7 heteroatoms. The summed E-state index contributed by atoms with van der Waals surface area (Å²) < 4.78 is 5.13. The Morgan fingerprint density at radius 1 is 1.32 bits per heavy atom. The normalized spacial score (nSPS) is 17.0. The lowest BCUT2D eigenvalue weighted by Crippen LogP contribution is -2.37. The third-order valence-electron chi connectivity index (χ3n) is 3.53. The number of rotatable bonds is 2. The van der Waals surface area contributed by atoms with E-state index in [9.17, 15) is 14.4 Å². The van der Waals surface area contributed by atoms with Crippen molar-refractivity contribution in [2.45, 2.75) is 25.8 Å². The molecule has 2 amide bonds. The molecule has 3 rings (SSSR count). The zero-order chi connectivity index (χ0) is 15.0. The van der Waals surface area contributed by atoms with E-state index in [1.807, 2.05) is 6.92 Å². The smallest absolute Gasteiger partial charge is 0.336 e. The van der Waals surface area contributed by atoms with Gasteiger partial charge in [0.2, 0.25) is 11.8 Å². The highest BCUT2D eigenvalue weighted by Gasteiger charge is 2.27. The topological polar surface area (TPSA) is 88.4 Å². The van der Waals surface area contributed by atoms with Gasteiger partial charge in [-0.2, -0.15) is 0 Å². The second kappa shape index (κ2) is 6.19. The number of aryl methyl sites for hydroxylation is 1. The van der Waals surface area contributed by atoms with Gasteiger partial charge >= 0.3 is 5.63 Å². The lowest BCUT2D eigenvalue weighted by atomic mass is 10.1. The van der Waals surface area contributed by atoms with Gasteiger partial charge in [0.1, 0.15) is 11.6 Å². The summed E-state index contributed by atoms with van der Waals surface area (Å²) in [5, 5.41) is 6.15. The average Bonchev–Trinajstić information content (AvgIpc) is 2.85. The summed E-state index contributed by atoms with van der Waals surface area (Å²) in [6, 6.07) is 6.06. The zero-order valence-corrected chi connectivity index (χ0v) is 12.7. The van der Waals surface area contributed by atoms with Gasteiger partial charge in [0, 0.05) is 29.6 Å². The van der Waals surface area contributed by atoms with E-state index in [0.29, 0.717) is 24.1 Å². The quantitative estimate of drug-likeness (QED) is 0.824. The van der Waals surface area contributed by atoms with Crippen molar-refractivity contribution in [2.24, 2.45) is 0 Å². The van der Waals surface area contributed by atoms with Crippen LogP contribution in [0.3, 0.4) is 0 Å². The van der Waals surface area contributed by atoms with Gasteiger partial charge in [-0.05, 0) is 31.0 Å². The molecule has 0 saturated carbocycles. The Hall–Kier alpha value is -2.34. The highest BCUT2D eigenvalue weighted by atomic mass is 35.5. The van der Waals surface area contributed by atoms with E-state index in [0.717, 1.165) is 10.9 Å². The summed E-state index contributed by atoms with van der Waals surface area (Å²) in [5.41, 5.74) is 1.35. The Morgan fingerprint density at radius 2 is 2.09 bits per heavy atom. The minimum absolute atomic E-state index is 0. The monoisotopic (exact) mass is 322 g/mol. The third kappa shape index (κ3) is 3.12. The van der Waals surface area contributed by atoms with E-state index in [-0.39, 0.29) is 24.2 Å². The van der Waals surface area contributed by atoms with Crippen LogP contribution in [-0.4, -0.2) is 17.9 Å². The molecule has 6 nitrogen and oxygen atoms in total. The molecular formula is C15H15ClN2O4.